The van der Waals surface area contributed by atoms with Crippen molar-refractivity contribution in [2.75, 3.05) is 19.0 Å². The number of alkyl halides is 2. The first-order chi connectivity index (χ1) is 17.8. The van der Waals surface area contributed by atoms with E-state index >= 15 is 4.39 Å². The second-order valence-electron chi connectivity index (χ2n) is 8.73. The number of aliphatic hydroxyl groups excluding tert-OH is 1. The van der Waals surface area contributed by atoms with Gasteiger partial charge in [-0.15, -0.1) is 0 Å². The van der Waals surface area contributed by atoms with Gasteiger partial charge in [-0.2, -0.15) is 10.1 Å². The van der Waals surface area contributed by atoms with E-state index in [0.29, 0.717) is 10.8 Å². The topological polar surface area (TPSA) is 164 Å². The molecule has 0 amide bonds. The highest BCUT2D eigenvalue weighted by molar-refractivity contribution is 7.52. The van der Waals surface area contributed by atoms with Gasteiger partial charge in [0, 0.05) is 0 Å². The van der Waals surface area contributed by atoms with E-state index in [1.807, 2.05) is 0 Å². The Kier molecular flexibility index (Phi) is 9.21. The van der Waals surface area contributed by atoms with Crippen LogP contribution in [0.2, 0.25) is 0 Å². The van der Waals surface area contributed by atoms with Crippen LogP contribution in [0.15, 0.2) is 41.3 Å². The number of ether oxygens (including phenoxy) is 2. The van der Waals surface area contributed by atoms with Crippen LogP contribution in [0, 0.1) is 5.82 Å². The highest BCUT2D eigenvalue weighted by atomic mass is 31.2. The first kappa shape index (κ1) is 29.6. The molecule has 3 rings (SSSR count). The average molecular weight is 564 g/mol. The van der Waals surface area contributed by atoms with Gasteiger partial charge in [0.2, 0.25) is 5.67 Å². The Bertz CT molecular complexity index is 1240. The molecule has 1 aromatic carbocycles. The molecule has 1 saturated heterocycles. The molecule has 210 valence electrons. The van der Waals surface area contributed by atoms with Crippen LogP contribution in [-0.4, -0.2) is 63.9 Å². The third-order valence-electron chi connectivity index (χ3n) is 5.38. The second-order valence-corrected chi connectivity index (χ2v) is 10.4. The Balaban J connectivity index is 1.84. The monoisotopic (exact) mass is 564 g/mol. The molecule has 1 aromatic heterocycles. The van der Waals surface area contributed by atoms with Crippen molar-refractivity contribution in [1.82, 2.24) is 14.6 Å². The smallest absolute Gasteiger partial charge is 0.459 e. The Morgan fingerprint density at radius 1 is 1.34 bits per heavy atom. The summed E-state index contributed by atoms with van der Waals surface area (Å²) in [5, 5.41) is 12.9. The molecule has 2 heterocycles. The zero-order valence-corrected chi connectivity index (χ0v) is 21.5. The number of aliphatic hydroxyl groups is 1. The Labute approximate surface area is 215 Å². The minimum absolute atomic E-state index is 0.0668. The molecule has 16 heteroatoms. The predicted molar refractivity (Wildman–Crippen MR) is 127 cm³/mol. The molecule has 6 atom stereocenters. The molecule has 0 aliphatic carbocycles. The maximum absolute atomic E-state index is 15.5. The molecular formula is C22H28F3N4O8P. The lowest BCUT2D eigenvalue weighted by Gasteiger charge is -2.26. The quantitative estimate of drug-likeness (QED) is 0.270. The van der Waals surface area contributed by atoms with Gasteiger partial charge in [-0.05, 0) is 32.9 Å². The van der Waals surface area contributed by atoms with Gasteiger partial charge in [0.15, 0.2) is 17.9 Å². The molecule has 0 saturated carbocycles. The van der Waals surface area contributed by atoms with Gasteiger partial charge in [-0.3, -0.25) is 13.9 Å². The highest BCUT2D eigenvalue weighted by Gasteiger charge is 2.59. The van der Waals surface area contributed by atoms with Gasteiger partial charge in [-0.25, -0.2) is 22.5 Å². The second kappa shape index (κ2) is 11.8. The van der Waals surface area contributed by atoms with Crippen molar-refractivity contribution in [2.45, 2.75) is 57.0 Å². The Hall–Kier alpha value is -2.97. The average Bonchev–Trinajstić information content (AvgIpc) is 3.10. The molecule has 0 spiro atoms. The Morgan fingerprint density at radius 2 is 2.00 bits per heavy atom. The number of nitrogens with two attached hydrogens (primary N) is 1. The van der Waals surface area contributed by atoms with Gasteiger partial charge in [0.05, 0.1) is 18.9 Å². The van der Waals surface area contributed by atoms with Gasteiger partial charge in [-0.1, -0.05) is 18.2 Å². The molecular weight excluding hydrogens is 536 g/mol. The number of para-hydroxylation sites is 1. The van der Waals surface area contributed by atoms with E-state index in [0.717, 1.165) is 0 Å². The lowest BCUT2D eigenvalue weighted by atomic mass is 9.97. The lowest BCUT2D eigenvalue weighted by molar-refractivity contribution is -0.149. The zero-order chi connectivity index (χ0) is 28.3. The van der Waals surface area contributed by atoms with Gasteiger partial charge >= 0.3 is 19.4 Å². The molecule has 1 fully saturated rings. The molecule has 1 aliphatic rings. The predicted octanol–water partition coefficient (Wildman–Crippen LogP) is 2.03. The van der Waals surface area contributed by atoms with E-state index in [2.05, 4.69) is 10.1 Å². The minimum atomic E-state index is -4.46. The van der Waals surface area contributed by atoms with Crippen LogP contribution < -0.4 is 21.0 Å². The number of esters is 1. The number of nitrogens with one attached hydrogen (secondary N) is 1. The van der Waals surface area contributed by atoms with Crippen LogP contribution in [0.1, 0.15) is 27.0 Å². The van der Waals surface area contributed by atoms with Crippen LogP contribution in [-0.2, 0) is 23.4 Å². The molecule has 38 heavy (non-hydrogen) atoms. The number of rotatable bonds is 11. The van der Waals surface area contributed by atoms with Gasteiger partial charge < -0.3 is 24.8 Å². The molecule has 0 radical (unpaired) electrons. The largest absolute Gasteiger partial charge is 0.462 e. The lowest BCUT2D eigenvalue weighted by Crippen LogP contribution is -2.47. The number of anilines is 1. The summed E-state index contributed by atoms with van der Waals surface area (Å²) < 4.78 is 78.3. The minimum Gasteiger partial charge on any atom is -0.462 e. The number of hydrogen-bond donors (Lipinski definition) is 3. The summed E-state index contributed by atoms with van der Waals surface area (Å²) in [6.45, 7) is 1.83. The number of carbonyl (C=O) groups is 1. The van der Waals surface area contributed by atoms with E-state index in [4.69, 9.17) is 24.3 Å². The van der Waals surface area contributed by atoms with Crippen LogP contribution in [0.5, 0.6) is 5.75 Å². The third-order valence-corrected chi connectivity index (χ3v) is 7.03. The van der Waals surface area contributed by atoms with E-state index in [1.54, 1.807) is 32.0 Å². The van der Waals surface area contributed by atoms with Gasteiger partial charge in [0.25, 0.3) is 0 Å². The molecule has 0 bridgehead atoms. The summed E-state index contributed by atoms with van der Waals surface area (Å²) in [5.41, 5.74) is 0.717. The van der Waals surface area contributed by atoms with Crippen molar-refractivity contribution in [1.29, 1.82) is 0 Å². The standard InChI is InChI=1S/C22H28F3N4O8P/c1-12(2)35-19(31)13(3)28-38(33,37-14-7-5-4-6-8-14)34-10-16-17(30)22(25,11-23)20(36-16)29-9-15(24)18(26)27-21(29)32/h4-9,12-13,16-17,20,30H,10-11H2,1-3H3,(H,28,33)(H2,26,27,32)/t13-,16+,17?,20+,22+,38+/m0/s1. The number of carbonyl (C=O) groups excluding carboxylic acids is 1. The summed E-state index contributed by atoms with van der Waals surface area (Å²) in [6, 6.07) is 6.48. The van der Waals surface area contributed by atoms with Crippen LogP contribution in [0.3, 0.4) is 0 Å². The molecule has 2 aromatic rings. The maximum Gasteiger partial charge on any atom is 0.459 e. The number of halogens is 3. The molecule has 12 nitrogen and oxygen atoms in total. The first-order valence-electron chi connectivity index (χ1n) is 11.4. The van der Waals surface area contributed by atoms with Crippen molar-refractivity contribution in [3.05, 3.63) is 52.8 Å². The normalized spacial score (nSPS) is 25.6. The maximum atomic E-state index is 15.5. The van der Waals surface area contributed by atoms with E-state index < -0.39 is 80.6 Å². The summed E-state index contributed by atoms with van der Waals surface area (Å²) in [5.74, 6) is -2.70. The number of nitrogen functional groups attached to an aromatic ring is 1. The van der Waals surface area contributed by atoms with Crippen molar-refractivity contribution >= 4 is 19.5 Å². The summed E-state index contributed by atoms with van der Waals surface area (Å²) >= 11 is 0. The SMILES string of the molecule is CC(C)OC(=O)[C@H](C)N[P@@](=O)(OC[C@H]1O[C@@H](n2cc(F)c(N)nc2=O)[C@@](F)(CF)C1O)Oc1ccccc1. The number of benzene rings is 1. The fourth-order valence-corrected chi connectivity index (χ4v) is 5.01. The van der Waals surface area contributed by atoms with Gasteiger partial charge in [0.1, 0.15) is 30.7 Å². The van der Waals surface area contributed by atoms with E-state index in [-0.39, 0.29) is 5.75 Å². The number of aromatic nitrogens is 2. The van der Waals surface area contributed by atoms with Crippen molar-refractivity contribution in [3.8, 4) is 5.75 Å². The van der Waals surface area contributed by atoms with Crippen molar-refractivity contribution in [2.24, 2.45) is 0 Å². The molecule has 1 unspecified atom stereocenters. The van der Waals surface area contributed by atoms with Crippen LogP contribution in [0.4, 0.5) is 19.0 Å². The van der Waals surface area contributed by atoms with E-state index in [9.17, 15) is 28.0 Å². The summed E-state index contributed by atoms with van der Waals surface area (Å²) in [6.07, 6.45) is -6.18. The van der Waals surface area contributed by atoms with Crippen LogP contribution >= 0.6 is 7.75 Å². The fourth-order valence-electron chi connectivity index (χ4n) is 3.51. The van der Waals surface area contributed by atoms with Crippen LogP contribution in [0.25, 0.3) is 0 Å². The summed E-state index contributed by atoms with van der Waals surface area (Å²) in [4.78, 5) is 27.6. The first-order valence-corrected chi connectivity index (χ1v) is 12.9. The Morgan fingerprint density at radius 3 is 2.61 bits per heavy atom. The molecule has 1 aliphatic heterocycles. The fraction of sp³-hybridized carbons (Fsp3) is 0.500. The van der Waals surface area contributed by atoms with E-state index in [1.165, 1.54) is 19.1 Å². The zero-order valence-electron chi connectivity index (χ0n) is 20.6. The van der Waals surface area contributed by atoms with Crippen molar-refractivity contribution < 1.29 is 46.2 Å². The summed E-state index contributed by atoms with van der Waals surface area (Å²) in [7, 11) is -4.46. The highest BCUT2D eigenvalue weighted by Crippen LogP contribution is 2.47. The third kappa shape index (κ3) is 6.53. The molecule has 4 N–H and O–H groups in total. The van der Waals surface area contributed by atoms with Crippen molar-refractivity contribution in [3.63, 3.8) is 0 Å². The number of nitrogens with zero attached hydrogens (tertiary/aromatic N) is 2. The number of hydrogen-bond acceptors (Lipinski definition) is 10.